The molecule has 1 aliphatic heterocycles. The molecular formula is C13H23N3OS. The lowest BCUT2D eigenvalue weighted by atomic mass is 10.1. The van der Waals surface area contributed by atoms with Crippen LogP contribution in [0, 0.1) is 0 Å². The minimum absolute atomic E-state index is 0.411. The second-order valence-corrected chi connectivity index (χ2v) is 5.73. The quantitative estimate of drug-likeness (QED) is 0.818. The lowest BCUT2D eigenvalue weighted by Crippen LogP contribution is -2.40. The number of likely N-dealkylation sites (N-methyl/N-ethyl adjacent to an activating group) is 1. The standard InChI is InChI=1S/C13H23N3OS/c1-11(13-4-3-7-17-13)14-5-6-16(2)8-12-9-18-10-15-12/h9-11,13-14H,3-8H2,1-2H3. The second-order valence-electron chi connectivity index (χ2n) is 5.01. The zero-order chi connectivity index (χ0) is 12.8. The van der Waals surface area contributed by atoms with Gasteiger partial charge >= 0.3 is 0 Å². The fourth-order valence-corrected chi connectivity index (χ4v) is 2.83. The number of aromatic nitrogens is 1. The molecular weight excluding hydrogens is 246 g/mol. The Balaban J connectivity index is 1.59. The number of hydrogen-bond donors (Lipinski definition) is 1. The highest BCUT2D eigenvalue weighted by molar-refractivity contribution is 7.07. The molecule has 2 rings (SSSR count). The molecule has 1 aromatic rings. The highest BCUT2D eigenvalue weighted by Gasteiger charge is 2.21. The monoisotopic (exact) mass is 269 g/mol. The van der Waals surface area contributed by atoms with E-state index < -0.39 is 0 Å². The number of ether oxygens (including phenoxy) is 1. The van der Waals surface area contributed by atoms with Gasteiger partial charge in [-0.15, -0.1) is 11.3 Å². The Morgan fingerprint density at radius 3 is 3.22 bits per heavy atom. The molecule has 0 aromatic carbocycles. The van der Waals surface area contributed by atoms with Crippen LogP contribution >= 0.6 is 11.3 Å². The van der Waals surface area contributed by atoms with Crippen LogP contribution in [-0.4, -0.2) is 48.8 Å². The summed E-state index contributed by atoms with van der Waals surface area (Å²) in [6.45, 7) is 6.12. The van der Waals surface area contributed by atoms with Gasteiger partial charge in [-0.25, -0.2) is 4.98 Å². The lowest BCUT2D eigenvalue weighted by molar-refractivity contribution is 0.0829. The molecule has 1 aliphatic rings. The molecule has 2 heterocycles. The number of nitrogens with one attached hydrogen (secondary N) is 1. The summed E-state index contributed by atoms with van der Waals surface area (Å²) in [5, 5.41) is 5.66. The summed E-state index contributed by atoms with van der Waals surface area (Å²) in [4.78, 5) is 6.59. The fraction of sp³-hybridized carbons (Fsp3) is 0.769. The molecule has 2 unspecified atom stereocenters. The van der Waals surface area contributed by atoms with Gasteiger partial charge in [-0.2, -0.15) is 0 Å². The Morgan fingerprint density at radius 2 is 2.56 bits per heavy atom. The zero-order valence-corrected chi connectivity index (χ0v) is 12.1. The van der Waals surface area contributed by atoms with Gasteiger partial charge in [-0.05, 0) is 26.8 Å². The number of hydrogen-bond acceptors (Lipinski definition) is 5. The van der Waals surface area contributed by atoms with E-state index in [1.165, 1.54) is 12.8 Å². The molecule has 0 amide bonds. The first-order valence-electron chi connectivity index (χ1n) is 6.66. The van der Waals surface area contributed by atoms with Crippen molar-refractivity contribution in [3.8, 4) is 0 Å². The Labute approximate surface area is 113 Å². The van der Waals surface area contributed by atoms with Gasteiger partial charge in [0, 0.05) is 37.7 Å². The van der Waals surface area contributed by atoms with Gasteiger partial charge in [0.05, 0.1) is 17.3 Å². The third kappa shape index (κ3) is 4.31. The molecule has 0 spiro atoms. The molecule has 0 radical (unpaired) electrons. The largest absolute Gasteiger partial charge is 0.377 e. The maximum Gasteiger partial charge on any atom is 0.0795 e. The first-order valence-corrected chi connectivity index (χ1v) is 7.60. The van der Waals surface area contributed by atoms with Crippen molar-refractivity contribution in [3.63, 3.8) is 0 Å². The predicted octanol–water partition coefficient (Wildman–Crippen LogP) is 1.73. The van der Waals surface area contributed by atoms with Crippen LogP contribution in [0.1, 0.15) is 25.5 Å². The van der Waals surface area contributed by atoms with Gasteiger partial charge in [-0.1, -0.05) is 0 Å². The molecule has 1 aromatic heterocycles. The van der Waals surface area contributed by atoms with Crippen molar-refractivity contribution in [2.24, 2.45) is 0 Å². The smallest absolute Gasteiger partial charge is 0.0795 e. The minimum atomic E-state index is 0.411. The number of nitrogens with zero attached hydrogens (tertiary/aromatic N) is 2. The molecule has 1 fully saturated rings. The topological polar surface area (TPSA) is 37.4 Å². The molecule has 1 saturated heterocycles. The SMILES string of the molecule is CC(NCCN(C)Cc1cscn1)C1CCCO1. The second kappa shape index (κ2) is 7.19. The van der Waals surface area contributed by atoms with Crippen LogP contribution in [-0.2, 0) is 11.3 Å². The van der Waals surface area contributed by atoms with E-state index in [9.17, 15) is 0 Å². The van der Waals surface area contributed by atoms with Crippen LogP contribution < -0.4 is 5.32 Å². The summed E-state index contributed by atoms with van der Waals surface area (Å²) in [7, 11) is 2.14. The molecule has 5 heteroatoms. The van der Waals surface area contributed by atoms with Crippen molar-refractivity contribution in [1.82, 2.24) is 15.2 Å². The first kappa shape index (κ1) is 13.9. The van der Waals surface area contributed by atoms with Crippen LogP contribution in [0.5, 0.6) is 0 Å². The summed E-state index contributed by atoms with van der Waals surface area (Å²) < 4.78 is 5.67. The third-order valence-electron chi connectivity index (χ3n) is 3.40. The maximum absolute atomic E-state index is 5.67. The molecule has 102 valence electrons. The summed E-state index contributed by atoms with van der Waals surface area (Å²) in [5.41, 5.74) is 3.05. The highest BCUT2D eigenvalue weighted by Crippen LogP contribution is 2.15. The van der Waals surface area contributed by atoms with E-state index in [4.69, 9.17) is 4.74 Å². The molecule has 0 aliphatic carbocycles. The van der Waals surface area contributed by atoms with Crippen LogP contribution in [0.4, 0.5) is 0 Å². The third-order valence-corrected chi connectivity index (χ3v) is 4.03. The van der Waals surface area contributed by atoms with Crippen LogP contribution in [0.15, 0.2) is 10.9 Å². The van der Waals surface area contributed by atoms with Crippen molar-refractivity contribution in [2.45, 2.75) is 38.5 Å². The molecule has 0 bridgehead atoms. The van der Waals surface area contributed by atoms with Crippen molar-refractivity contribution in [1.29, 1.82) is 0 Å². The van der Waals surface area contributed by atoms with Gasteiger partial charge in [-0.3, -0.25) is 4.90 Å². The summed E-state index contributed by atoms with van der Waals surface area (Å²) >= 11 is 1.66. The van der Waals surface area contributed by atoms with Gasteiger partial charge in [0.2, 0.25) is 0 Å². The van der Waals surface area contributed by atoms with Gasteiger partial charge in [0.15, 0.2) is 0 Å². The molecule has 1 N–H and O–H groups in total. The molecule has 2 atom stereocenters. The Hall–Kier alpha value is -0.490. The van der Waals surface area contributed by atoms with E-state index >= 15 is 0 Å². The van der Waals surface area contributed by atoms with Crippen LogP contribution in [0.2, 0.25) is 0 Å². The zero-order valence-electron chi connectivity index (χ0n) is 11.3. The maximum atomic E-state index is 5.67. The fourth-order valence-electron chi connectivity index (χ4n) is 2.28. The van der Waals surface area contributed by atoms with Gasteiger partial charge < -0.3 is 10.1 Å². The Morgan fingerprint density at radius 1 is 1.67 bits per heavy atom. The first-order chi connectivity index (χ1) is 8.75. The minimum Gasteiger partial charge on any atom is -0.377 e. The van der Waals surface area contributed by atoms with E-state index in [1.807, 2.05) is 5.51 Å². The normalized spacial score (nSPS) is 21.6. The van der Waals surface area contributed by atoms with Crippen LogP contribution in [0.3, 0.4) is 0 Å². The average Bonchev–Trinajstić information content (AvgIpc) is 3.00. The van der Waals surface area contributed by atoms with Crippen LogP contribution in [0.25, 0.3) is 0 Å². The number of thiazole rings is 1. The summed E-state index contributed by atoms with van der Waals surface area (Å²) in [6, 6.07) is 0.458. The predicted molar refractivity (Wildman–Crippen MR) is 74.9 cm³/mol. The Kier molecular flexibility index (Phi) is 5.56. The van der Waals surface area contributed by atoms with E-state index in [1.54, 1.807) is 11.3 Å². The molecule has 18 heavy (non-hydrogen) atoms. The van der Waals surface area contributed by atoms with Gasteiger partial charge in [0.25, 0.3) is 0 Å². The molecule has 4 nitrogen and oxygen atoms in total. The molecule has 0 saturated carbocycles. The average molecular weight is 269 g/mol. The van der Waals surface area contributed by atoms with E-state index in [0.717, 1.165) is 31.9 Å². The lowest BCUT2D eigenvalue weighted by Gasteiger charge is -2.22. The Bertz CT molecular complexity index is 325. The van der Waals surface area contributed by atoms with E-state index in [0.29, 0.717) is 12.1 Å². The van der Waals surface area contributed by atoms with Gasteiger partial charge in [0.1, 0.15) is 0 Å². The van der Waals surface area contributed by atoms with Crippen molar-refractivity contribution in [2.75, 3.05) is 26.7 Å². The summed E-state index contributed by atoms with van der Waals surface area (Å²) in [5.74, 6) is 0. The van der Waals surface area contributed by atoms with Crippen molar-refractivity contribution < 1.29 is 4.74 Å². The summed E-state index contributed by atoms with van der Waals surface area (Å²) in [6.07, 6.45) is 2.82. The van der Waals surface area contributed by atoms with Crippen molar-refractivity contribution >= 4 is 11.3 Å². The van der Waals surface area contributed by atoms with E-state index in [-0.39, 0.29) is 0 Å². The van der Waals surface area contributed by atoms with E-state index in [2.05, 4.69) is 34.6 Å². The van der Waals surface area contributed by atoms with Crippen molar-refractivity contribution in [3.05, 3.63) is 16.6 Å². The highest BCUT2D eigenvalue weighted by atomic mass is 32.1. The number of rotatable bonds is 7.